The number of hydrogen-bond donors (Lipinski definition) is 1. The molecule has 2 aromatic rings. The average Bonchev–Trinajstić information content (AvgIpc) is 2.61. The van der Waals surface area contributed by atoms with Gasteiger partial charge in [0.25, 0.3) is 0 Å². The van der Waals surface area contributed by atoms with Crippen LogP contribution in [0.1, 0.15) is 17.5 Å². The molecule has 0 bridgehead atoms. The van der Waals surface area contributed by atoms with Gasteiger partial charge >= 0.3 is 0 Å². The summed E-state index contributed by atoms with van der Waals surface area (Å²) < 4.78 is 28.8. The molecule has 7 heteroatoms. The number of rotatable bonds is 9. The number of benzene rings is 2. The molecule has 0 spiro atoms. The van der Waals surface area contributed by atoms with E-state index in [0.717, 1.165) is 17.7 Å². The highest BCUT2D eigenvalue weighted by Gasteiger charge is 2.09. The van der Waals surface area contributed by atoms with Gasteiger partial charge in [0.05, 0.1) is 18.0 Å². The van der Waals surface area contributed by atoms with E-state index in [1.54, 1.807) is 18.2 Å². The predicted octanol–water partition coefficient (Wildman–Crippen LogP) is 3.05. The summed E-state index contributed by atoms with van der Waals surface area (Å²) in [4.78, 5) is 14.3. The van der Waals surface area contributed by atoms with Crippen molar-refractivity contribution >= 4 is 21.4 Å². The van der Waals surface area contributed by atoms with E-state index in [0.29, 0.717) is 18.9 Å². The van der Waals surface area contributed by atoms with E-state index < -0.39 is 9.84 Å². The van der Waals surface area contributed by atoms with Gasteiger partial charge in [-0.1, -0.05) is 12.1 Å². The summed E-state index contributed by atoms with van der Waals surface area (Å²) in [5, 5.41) is 2.91. The number of ether oxygens (including phenoxy) is 1. The number of anilines is 1. The first-order valence-corrected chi connectivity index (χ1v) is 11.0. The summed E-state index contributed by atoms with van der Waals surface area (Å²) >= 11 is 0. The van der Waals surface area contributed by atoms with E-state index in [1.165, 1.54) is 17.9 Å². The van der Waals surface area contributed by atoms with Crippen molar-refractivity contribution < 1.29 is 17.9 Å². The Bertz CT molecular complexity index is 926. The maximum absolute atomic E-state index is 12.2. The Kier molecular flexibility index (Phi) is 7.60. The number of carbonyl (C=O) groups excluding carboxylic acids is 1. The zero-order valence-corrected chi connectivity index (χ0v) is 17.7. The predicted molar refractivity (Wildman–Crippen MR) is 112 cm³/mol. The third-order valence-corrected chi connectivity index (χ3v) is 5.50. The summed E-state index contributed by atoms with van der Waals surface area (Å²) in [5.41, 5.74) is 3.14. The molecule has 2 aromatic carbocycles. The van der Waals surface area contributed by atoms with Crippen molar-refractivity contribution in [3.05, 3.63) is 53.6 Å². The van der Waals surface area contributed by atoms with Crippen LogP contribution in [-0.4, -0.2) is 52.2 Å². The van der Waals surface area contributed by atoms with E-state index in [9.17, 15) is 13.2 Å². The van der Waals surface area contributed by atoms with Crippen molar-refractivity contribution in [3.63, 3.8) is 0 Å². The number of nitrogens with one attached hydrogen (secondary N) is 1. The standard InChI is InChI=1S/C21H28N2O4S/c1-16-9-10-18(13-17(16)2)22-21(24)15-23(3)11-6-12-27-19-7-5-8-20(14-19)28(4,25)26/h5,7-10,13-14H,6,11-12,15H2,1-4H3,(H,22,24). The monoisotopic (exact) mass is 404 g/mol. The number of aryl methyl sites for hydroxylation is 2. The second-order valence-electron chi connectivity index (χ2n) is 7.03. The van der Waals surface area contributed by atoms with Gasteiger partial charge in [0.1, 0.15) is 5.75 Å². The summed E-state index contributed by atoms with van der Waals surface area (Å²) in [6.07, 6.45) is 1.89. The molecule has 0 radical (unpaired) electrons. The molecular formula is C21H28N2O4S. The second kappa shape index (κ2) is 9.71. The molecule has 0 saturated carbocycles. The first-order valence-electron chi connectivity index (χ1n) is 9.14. The van der Waals surface area contributed by atoms with E-state index in [2.05, 4.69) is 5.32 Å². The number of carbonyl (C=O) groups is 1. The van der Waals surface area contributed by atoms with Crippen LogP contribution in [0.2, 0.25) is 0 Å². The second-order valence-corrected chi connectivity index (χ2v) is 9.05. The quantitative estimate of drug-likeness (QED) is 0.650. The van der Waals surface area contributed by atoms with Gasteiger partial charge in [-0.15, -0.1) is 0 Å². The normalized spacial score (nSPS) is 11.5. The molecule has 0 aliphatic rings. The lowest BCUT2D eigenvalue weighted by Crippen LogP contribution is -2.31. The molecule has 0 aliphatic heterocycles. The fraction of sp³-hybridized carbons (Fsp3) is 0.381. The highest BCUT2D eigenvalue weighted by atomic mass is 32.2. The van der Waals surface area contributed by atoms with Crippen LogP contribution in [0.15, 0.2) is 47.4 Å². The SMILES string of the molecule is Cc1ccc(NC(=O)CN(C)CCCOc2cccc(S(C)(=O)=O)c2)cc1C. The van der Waals surface area contributed by atoms with Crippen molar-refractivity contribution in [1.29, 1.82) is 0 Å². The van der Waals surface area contributed by atoms with Gasteiger partial charge in [-0.3, -0.25) is 9.69 Å². The molecule has 6 nitrogen and oxygen atoms in total. The van der Waals surface area contributed by atoms with Crippen LogP contribution >= 0.6 is 0 Å². The summed E-state index contributed by atoms with van der Waals surface area (Å²) in [5.74, 6) is 0.464. The van der Waals surface area contributed by atoms with E-state index in [1.807, 2.05) is 44.0 Å². The van der Waals surface area contributed by atoms with Gasteiger partial charge in [0, 0.05) is 18.5 Å². The average molecular weight is 405 g/mol. The zero-order valence-electron chi connectivity index (χ0n) is 16.9. The van der Waals surface area contributed by atoms with Crippen molar-refractivity contribution in [1.82, 2.24) is 4.90 Å². The molecule has 0 aliphatic carbocycles. The fourth-order valence-corrected chi connectivity index (χ4v) is 3.32. The number of hydrogen-bond acceptors (Lipinski definition) is 5. The number of sulfone groups is 1. The van der Waals surface area contributed by atoms with Crippen molar-refractivity contribution in [2.24, 2.45) is 0 Å². The van der Waals surface area contributed by atoms with Gasteiger partial charge in [0.2, 0.25) is 5.91 Å². The highest BCUT2D eigenvalue weighted by molar-refractivity contribution is 7.90. The fourth-order valence-electron chi connectivity index (χ4n) is 2.66. The molecule has 0 heterocycles. The Morgan fingerprint density at radius 1 is 1.11 bits per heavy atom. The largest absolute Gasteiger partial charge is 0.494 e. The third kappa shape index (κ3) is 6.98. The lowest BCUT2D eigenvalue weighted by Gasteiger charge is -2.17. The van der Waals surface area contributed by atoms with Gasteiger partial charge in [-0.25, -0.2) is 8.42 Å². The zero-order chi connectivity index (χ0) is 20.7. The van der Waals surface area contributed by atoms with Crippen LogP contribution in [0.5, 0.6) is 5.75 Å². The Hall–Kier alpha value is -2.38. The smallest absolute Gasteiger partial charge is 0.238 e. The Morgan fingerprint density at radius 3 is 2.54 bits per heavy atom. The minimum Gasteiger partial charge on any atom is -0.494 e. The molecule has 0 saturated heterocycles. The van der Waals surface area contributed by atoms with E-state index in [4.69, 9.17) is 4.74 Å². The molecule has 2 rings (SSSR count). The Balaban J connectivity index is 1.73. The minimum atomic E-state index is -3.25. The first-order chi connectivity index (χ1) is 13.1. The van der Waals surface area contributed by atoms with Crippen LogP contribution in [0.3, 0.4) is 0 Å². The molecule has 1 N–H and O–H groups in total. The molecule has 0 unspecified atom stereocenters. The number of likely N-dealkylation sites (N-methyl/N-ethyl adjacent to an activating group) is 1. The van der Waals surface area contributed by atoms with Gasteiger partial charge in [-0.2, -0.15) is 0 Å². The molecule has 152 valence electrons. The first kappa shape index (κ1) is 21.9. The number of amides is 1. The van der Waals surface area contributed by atoms with Crippen LogP contribution in [0.4, 0.5) is 5.69 Å². The lowest BCUT2D eigenvalue weighted by molar-refractivity contribution is -0.117. The van der Waals surface area contributed by atoms with Gasteiger partial charge < -0.3 is 10.1 Å². The van der Waals surface area contributed by atoms with Crippen LogP contribution in [0, 0.1) is 13.8 Å². The Labute approximate surface area is 167 Å². The summed E-state index contributed by atoms with van der Waals surface area (Å²) in [7, 11) is -1.37. The van der Waals surface area contributed by atoms with Crippen molar-refractivity contribution in [2.75, 3.05) is 38.3 Å². The molecular weight excluding hydrogens is 376 g/mol. The Morgan fingerprint density at radius 2 is 1.86 bits per heavy atom. The maximum Gasteiger partial charge on any atom is 0.238 e. The highest BCUT2D eigenvalue weighted by Crippen LogP contribution is 2.17. The topological polar surface area (TPSA) is 75.7 Å². The minimum absolute atomic E-state index is 0.0625. The molecule has 0 fully saturated rings. The maximum atomic E-state index is 12.2. The molecule has 28 heavy (non-hydrogen) atoms. The van der Waals surface area contributed by atoms with Crippen molar-refractivity contribution in [3.8, 4) is 5.75 Å². The van der Waals surface area contributed by atoms with E-state index in [-0.39, 0.29) is 17.3 Å². The van der Waals surface area contributed by atoms with E-state index >= 15 is 0 Å². The van der Waals surface area contributed by atoms with Crippen LogP contribution in [-0.2, 0) is 14.6 Å². The summed E-state index contributed by atoms with van der Waals surface area (Å²) in [6.45, 7) is 5.47. The van der Waals surface area contributed by atoms with Crippen LogP contribution < -0.4 is 10.1 Å². The van der Waals surface area contributed by atoms with Gasteiger partial charge in [0.15, 0.2) is 9.84 Å². The molecule has 0 aromatic heterocycles. The van der Waals surface area contributed by atoms with Gasteiger partial charge in [-0.05, 0) is 68.8 Å². The molecule has 1 amide bonds. The lowest BCUT2D eigenvalue weighted by atomic mass is 10.1. The van der Waals surface area contributed by atoms with Crippen LogP contribution in [0.25, 0.3) is 0 Å². The number of nitrogens with zero attached hydrogens (tertiary/aromatic N) is 1. The van der Waals surface area contributed by atoms with Crippen molar-refractivity contribution in [2.45, 2.75) is 25.2 Å². The summed E-state index contributed by atoms with van der Waals surface area (Å²) in [6, 6.07) is 12.3. The third-order valence-electron chi connectivity index (χ3n) is 4.39. The molecule has 0 atom stereocenters.